The first-order valence-electron chi connectivity index (χ1n) is 9.01. The summed E-state index contributed by atoms with van der Waals surface area (Å²) in [6, 6.07) is 9.34. The lowest BCUT2D eigenvalue weighted by Crippen LogP contribution is -2.54. The van der Waals surface area contributed by atoms with Crippen LogP contribution < -0.4 is 15.0 Å². The molecule has 0 aromatic heterocycles. The van der Waals surface area contributed by atoms with Crippen LogP contribution in [0.15, 0.2) is 42.0 Å². The molecule has 0 unspecified atom stereocenters. The zero-order valence-electron chi connectivity index (χ0n) is 15.9. The van der Waals surface area contributed by atoms with Crippen LogP contribution in [0.1, 0.15) is 25.0 Å². The number of ether oxygens (including phenoxy) is 1. The number of carbonyl (C=O) groups excluding carboxylic acids is 3. The summed E-state index contributed by atoms with van der Waals surface area (Å²) in [5.41, 5.74) is 1.74. The van der Waals surface area contributed by atoms with E-state index >= 15 is 0 Å². The van der Waals surface area contributed by atoms with Gasteiger partial charge in [-0.1, -0.05) is 19.1 Å². The van der Waals surface area contributed by atoms with Crippen LogP contribution >= 0.6 is 22.6 Å². The lowest BCUT2D eigenvalue weighted by atomic mass is 10.1. The second-order valence-corrected chi connectivity index (χ2v) is 7.42. The van der Waals surface area contributed by atoms with Gasteiger partial charge >= 0.3 is 6.03 Å². The fourth-order valence-corrected chi connectivity index (χ4v) is 3.51. The van der Waals surface area contributed by atoms with Crippen molar-refractivity contribution in [2.24, 2.45) is 0 Å². The number of barbiturate groups is 1. The summed E-state index contributed by atoms with van der Waals surface area (Å²) in [6.45, 7) is 4.13. The van der Waals surface area contributed by atoms with Gasteiger partial charge in [0.05, 0.1) is 15.9 Å². The molecule has 8 heteroatoms. The number of rotatable bonds is 5. The van der Waals surface area contributed by atoms with Gasteiger partial charge in [-0.25, -0.2) is 9.69 Å². The van der Waals surface area contributed by atoms with Gasteiger partial charge in [-0.05, 0) is 77.4 Å². The van der Waals surface area contributed by atoms with Crippen LogP contribution in [0.5, 0.6) is 11.5 Å². The molecule has 0 aliphatic carbocycles. The number of phenolic OH excluding ortho intramolecular Hbond substituents is 1. The molecular formula is C21H19IN2O5. The van der Waals surface area contributed by atoms with E-state index in [9.17, 15) is 19.5 Å². The van der Waals surface area contributed by atoms with Crippen molar-refractivity contribution in [3.05, 3.63) is 56.7 Å². The third kappa shape index (κ3) is 4.26. The van der Waals surface area contributed by atoms with Crippen molar-refractivity contribution in [2.75, 3.05) is 11.5 Å². The molecule has 1 saturated heterocycles. The number of amides is 4. The minimum absolute atomic E-state index is 0.0122. The van der Waals surface area contributed by atoms with Crippen LogP contribution in [0.25, 0.3) is 6.08 Å². The SMILES string of the molecule is CCOc1cc(/C=C2/C(=O)NC(=O)N(c3ccc(CC)cc3)C2=O)cc(I)c1O. The van der Waals surface area contributed by atoms with E-state index in [1.54, 1.807) is 25.1 Å². The third-order valence-corrected chi connectivity index (χ3v) is 5.19. The first-order chi connectivity index (χ1) is 13.8. The molecule has 0 bridgehead atoms. The maximum atomic E-state index is 13.0. The maximum absolute atomic E-state index is 13.0. The van der Waals surface area contributed by atoms with E-state index in [2.05, 4.69) is 5.32 Å². The van der Waals surface area contributed by atoms with Crippen LogP contribution in [-0.4, -0.2) is 29.6 Å². The fraction of sp³-hybridized carbons (Fsp3) is 0.190. The molecule has 3 rings (SSSR count). The molecular weight excluding hydrogens is 487 g/mol. The lowest BCUT2D eigenvalue weighted by molar-refractivity contribution is -0.122. The Bertz CT molecular complexity index is 1010. The van der Waals surface area contributed by atoms with Gasteiger partial charge in [-0.3, -0.25) is 14.9 Å². The highest BCUT2D eigenvalue weighted by Gasteiger charge is 2.36. The number of nitrogens with one attached hydrogen (secondary N) is 1. The highest BCUT2D eigenvalue weighted by molar-refractivity contribution is 14.1. The molecule has 29 heavy (non-hydrogen) atoms. The van der Waals surface area contributed by atoms with Gasteiger partial charge in [0.15, 0.2) is 11.5 Å². The van der Waals surface area contributed by atoms with Crippen LogP contribution in [0, 0.1) is 3.57 Å². The first kappa shape index (κ1) is 20.8. The van der Waals surface area contributed by atoms with Gasteiger partial charge in [0.2, 0.25) is 0 Å². The molecule has 1 heterocycles. The van der Waals surface area contributed by atoms with Crippen molar-refractivity contribution in [1.29, 1.82) is 0 Å². The average Bonchev–Trinajstić information content (AvgIpc) is 2.69. The van der Waals surface area contributed by atoms with Crippen molar-refractivity contribution in [1.82, 2.24) is 5.32 Å². The van der Waals surface area contributed by atoms with E-state index in [1.165, 1.54) is 12.1 Å². The summed E-state index contributed by atoms with van der Waals surface area (Å²) in [4.78, 5) is 38.5. The predicted octanol–water partition coefficient (Wildman–Crippen LogP) is 3.62. The zero-order chi connectivity index (χ0) is 21.1. The Labute approximate surface area is 181 Å². The Hall–Kier alpha value is -2.88. The number of anilines is 1. The molecule has 1 aliphatic heterocycles. The second-order valence-electron chi connectivity index (χ2n) is 6.26. The highest BCUT2D eigenvalue weighted by atomic mass is 127. The highest BCUT2D eigenvalue weighted by Crippen LogP contribution is 2.34. The largest absolute Gasteiger partial charge is 0.504 e. The number of phenols is 1. The molecule has 0 saturated carbocycles. The molecule has 7 nitrogen and oxygen atoms in total. The second kappa shape index (κ2) is 8.64. The number of aromatic hydroxyl groups is 1. The molecule has 1 aliphatic rings. The van der Waals surface area contributed by atoms with Gasteiger partial charge < -0.3 is 9.84 Å². The van der Waals surface area contributed by atoms with Crippen LogP contribution in [0.2, 0.25) is 0 Å². The normalized spacial score (nSPS) is 15.6. The average molecular weight is 506 g/mol. The molecule has 4 amide bonds. The number of aryl methyl sites for hydroxylation is 1. The number of halogens is 1. The van der Waals surface area contributed by atoms with Crippen molar-refractivity contribution in [3.63, 3.8) is 0 Å². The Balaban J connectivity index is 2.01. The first-order valence-corrected chi connectivity index (χ1v) is 10.1. The Morgan fingerprint density at radius 3 is 2.45 bits per heavy atom. The third-order valence-electron chi connectivity index (χ3n) is 4.37. The van der Waals surface area contributed by atoms with E-state index in [4.69, 9.17) is 4.74 Å². The van der Waals surface area contributed by atoms with Gasteiger partial charge in [0.25, 0.3) is 11.8 Å². The monoisotopic (exact) mass is 506 g/mol. The van der Waals surface area contributed by atoms with Gasteiger partial charge in [-0.15, -0.1) is 0 Å². The quantitative estimate of drug-likeness (QED) is 0.367. The molecule has 0 atom stereocenters. The number of urea groups is 1. The molecule has 2 aromatic carbocycles. The molecule has 2 aromatic rings. The lowest BCUT2D eigenvalue weighted by Gasteiger charge is -2.26. The minimum Gasteiger partial charge on any atom is -0.504 e. The number of hydrogen-bond acceptors (Lipinski definition) is 5. The van der Waals surface area contributed by atoms with Crippen LogP contribution in [0.4, 0.5) is 10.5 Å². The standard InChI is InChI=1S/C21H19IN2O5/c1-3-12-5-7-14(8-6-12)24-20(27)15(19(26)23-21(24)28)9-13-10-16(22)18(25)17(11-13)29-4-2/h5-11,25H,3-4H2,1-2H3,(H,23,26,28)/b15-9-. The predicted molar refractivity (Wildman–Crippen MR) is 117 cm³/mol. The summed E-state index contributed by atoms with van der Waals surface area (Å²) in [6.07, 6.45) is 2.20. The van der Waals surface area contributed by atoms with E-state index in [-0.39, 0.29) is 17.1 Å². The smallest absolute Gasteiger partial charge is 0.335 e. The van der Waals surface area contributed by atoms with Gasteiger partial charge in [0, 0.05) is 0 Å². The number of carbonyl (C=O) groups is 3. The molecule has 0 radical (unpaired) electrons. The van der Waals surface area contributed by atoms with Gasteiger partial charge in [-0.2, -0.15) is 0 Å². The summed E-state index contributed by atoms with van der Waals surface area (Å²) in [5.74, 6) is -1.26. The Morgan fingerprint density at radius 2 is 1.83 bits per heavy atom. The van der Waals surface area contributed by atoms with E-state index < -0.39 is 17.8 Å². The Morgan fingerprint density at radius 1 is 1.14 bits per heavy atom. The summed E-state index contributed by atoms with van der Waals surface area (Å²) >= 11 is 1.93. The summed E-state index contributed by atoms with van der Waals surface area (Å²) in [7, 11) is 0. The summed E-state index contributed by atoms with van der Waals surface area (Å²) in [5, 5.41) is 12.3. The topological polar surface area (TPSA) is 95.9 Å². The van der Waals surface area contributed by atoms with Crippen molar-refractivity contribution >= 4 is 52.2 Å². The van der Waals surface area contributed by atoms with Crippen molar-refractivity contribution < 1.29 is 24.2 Å². The maximum Gasteiger partial charge on any atom is 0.335 e. The number of hydrogen-bond donors (Lipinski definition) is 2. The molecule has 150 valence electrons. The number of benzene rings is 2. The summed E-state index contributed by atoms with van der Waals surface area (Å²) < 4.78 is 5.90. The van der Waals surface area contributed by atoms with Crippen LogP contribution in [0.3, 0.4) is 0 Å². The molecule has 1 fully saturated rings. The zero-order valence-corrected chi connectivity index (χ0v) is 18.0. The fourth-order valence-electron chi connectivity index (χ4n) is 2.88. The minimum atomic E-state index is -0.795. The Kier molecular flexibility index (Phi) is 6.21. The van der Waals surface area contributed by atoms with E-state index in [0.29, 0.717) is 21.4 Å². The van der Waals surface area contributed by atoms with E-state index in [0.717, 1.165) is 16.9 Å². The van der Waals surface area contributed by atoms with Gasteiger partial charge in [0.1, 0.15) is 5.57 Å². The van der Waals surface area contributed by atoms with E-state index in [1.807, 2.05) is 41.6 Å². The van der Waals surface area contributed by atoms with Crippen molar-refractivity contribution in [3.8, 4) is 11.5 Å². The molecule has 0 spiro atoms. The molecule has 2 N–H and O–H groups in total. The number of imide groups is 2. The van der Waals surface area contributed by atoms with Crippen LogP contribution in [-0.2, 0) is 16.0 Å². The van der Waals surface area contributed by atoms with Crippen molar-refractivity contribution in [2.45, 2.75) is 20.3 Å². The number of nitrogens with zero attached hydrogens (tertiary/aromatic N) is 1.